The summed E-state index contributed by atoms with van der Waals surface area (Å²) in [7, 11) is 1.50. The summed E-state index contributed by atoms with van der Waals surface area (Å²) in [4.78, 5) is 16.9. The lowest BCUT2D eigenvalue weighted by Gasteiger charge is -2.14. The molecule has 2 N–H and O–H groups in total. The molecule has 1 heterocycles. The Morgan fingerprint density at radius 1 is 1.35 bits per heavy atom. The predicted molar refractivity (Wildman–Crippen MR) is 98.1 cm³/mol. The van der Waals surface area contributed by atoms with Crippen molar-refractivity contribution in [1.29, 1.82) is 0 Å². The van der Waals surface area contributed by atoms with E-state index in [1.165, 1.54) is 7.11 Å². The summed E-state index contributed by atoms with van der Waals surface area (Å²) < 4.78 is 10.7. The summed E-state index contributed by atoms with van der Waals surface area (Å²) in [6.45, 7) is 0.119. The van der Waals surface area contributed by atoms with Crippen LogP contribution in [0.3, 0.4) is 0 Å². The molecule has 0 spiro atoms. The van der Waals surface area contributed by atoms with E-state index in [1.54, 1.807) is 24.3 Å². The topological polar surface area (TPSA) is 80.7 Å². The molecule has 26 heavy (non-hydrogen) atoms. The minimum atomic E-state index is -0.844. The minimum absolute atomic E-state index is 0.0570. The van der Waals surface area contributed by atoms with E-state index in [1.807, 2.05) is 6.07 Å². The van der Waals surface area contributed by atoms with Gasteiger partial charge < -0.3 is 19.9 Å². The van der Waals surface area contributed by atoms with Gasteiger partial charge in [0.1, 0.15) is 24.0 Å². The van der Waals surface area contributed by atoms with E-state index < -0.39 is 6.10 Å². The first-order valence-corrected chi connectivity index (χ1v) is 8.86. The Kier molecular flexibility index (Phi) is 5.96. The Balaban J connectivity index is 1.54. The molecule has 0 fully saturated rings. The number of fused-ring (bicyclic) bond motifs is 1. The van der Waals surface area contributed by atoms with Gasteiger partial charge in [-0.1, -0.05) is 11.6 Å². The Labute approximate surface area is 157 Å². The van der Waals surface area contributed by atoms with Crippen LogP contribution in [0.1, 0.15) is 28.0 Å². The summed E-state index contributed by atoms with van der Waals surface area (Å²) in [5.41, 5.74) is 2.47. The van der Waals surface area contributed by atoms with Gasteiger partial charge in [-0.15, -0.1) is 0 Å². The highest BCUT2D eigenvalue weighted by molar-refractivity contribution is 6.30. The average molecular weight is 377 g/mol. The SMILES string of the molecule is COc1nc2c(cc1C(=O)NC[C@@H](O)COc1ccc(Cl)cc1)CCC2. The molecular weight excluding hydrogens is 356 g/mol. The van der Waals surface area contributed by atoms with Crippen LogP contribution in [-0.2, 0) is 12.8 Å². The van der Waals surface area contributed by atoms with Crippen molar-refractivity contribution in [3.8, 4) is 11.6 Å². The Morgan fingerprint density at radius 3 is 2.85 bits per heavy atom. The van der Waals surface area contributed by atoms with Crippen LogP contribution in [0.5, 0.6) is 11.6 Å². The zero-order valence-corrected chi connectivity index (χ0v) is 15.3. The van der Waals surface area contributed by atoms with Crippen molar-refractivity contribution in [2.24, 2.45) is 0 Å². The highest BCUT2D eigenvalue weighted by Crippen LogP contribution is 2.26. The first-order chi connectivity index (χ1) is 12.6. The first-order valence-electron chi connectivity index (χ1n) is 8.48. The lowest BCUT2D eigenvalue weighted by molar-refractivity contribution is 0.0840. The van der Waals surface area contributed by atoms with Gasteiger partial charge in [0, 0.05) is 17.3 Å². The second kappa shape index (κ2) is 8.38. The second-order valence-corrected chi connectivity index (χ2v) is 6.57. The number of aryl methyl sites for hydroxylation is 2. The highest BCUT2D eigenvalue weighted by atomic mass is 35.5. The fourth-order valence-electron chi connectivity index (χ4n) is 2.86. The van der Waals surface area contributed by atoms with Gasteiger partial charge in [-0.05, 0) is 55.2 Å². The summed E-state index contributed by atoms with van der Waals surface area (Å²) >= 11 is 5.81. The molecule has 3 rings (SSSR count). The monoisotopic (exact) mass is 376 g/mol. The molecule has 6 nitrogen and oxygen atoms in total. The maximum atomic E-state index is 12.4. The van der Waals surface area contributed by atoms with Crippen LogP contribution in [0.25, 0.3) is 0 Å². The number of amides is 1. The van der Waals surface area contributed by atoms with Crippen LogP contribution < -0.4 is 14.8 Å². The van der Waals surface area contributed by atoms with E-state index in [-0.39, 0.29) is 19.1 Å². The van der Waals surface area contributed by atoms with Crippen molar-refractivity contribution in [3.63, 3.8) is 0 Å². The van der Waals surface area contributed by atoms with Crippen molar-refractivity contribution >= 4 is 17.5 Å². The van der Waals surface area contributed by atoms with Crippen molar-refractivity contribution in [3.05, 3.63) is 52.2 Å². The van der Waals surface area contributed by atoms with Gasteiger partial charge in [-0.25, -0.2) is 4.98 Å². The molecule has 0 saturated heterocycles. The molecule has 0 bridgehead atoms. The van der Waals surface area contributed by atoms with Crippen LogP contribution in [0.15, 0.2) is 30.3 Å². The van der Waals surface area contributed by atoms with Crippen LogP contribution >= 0.6 is 11.6 Å². The van der Waals surface area contributed by atoms with Crippen molar-refractivity contribution in [2.75, 3.05) is 20.3 Å². The number of aliphatic hydroxyl groups is 1. The van der Waals surface area contributed by atoms with Gasteiger partial charge in [-0.2, -0.15) is 0 Å². The smallest absolute Gasteiger partial charge is 0.256 e. The third-order valence-electron chi connectivity index (χ3n) is 4.21. The largest absolute Gasteiger partial charge is 0.491 e. The first kappa shape index (κ1) is 18.5. The van der Waals surface area contributed by atoms with Gasteiger partial charge in [0.25, 0.3) is 5.91 Å². The third-order valence-corrected chi connectivity index (χ3v) is 4.46. The number of rotatable bonds is 7. The van der Waals surface area contributed by atoms with E-state index in [0.29, 0.717) is 22.2 Å². The number of nitrogens with one attached hydrogen (secondary N) is 1. The van der Waals surface area contributed by atoms with Crippen LogP contribution in [0.2, 0.25) is 5.02 Å². The number of methoxy groups -OCH3 is 1. The standard InChI is InChI=1S/C19H21ClN2O4/c1-25-19-16(9-12-3-2-4-17(12)22-19)18(24)21-10-14(23)11-26-15-7-5-13(20)6-8-15/h5-9,14,23H,2-4,10-11H2,1H3,(H,21,24)/t14-/m1/s1. The molecule has 0 aliphatic heterocycles. The number of aromatic nitrogens is 1. The predicted octanol–water partition coefficient (Wildman–Crippen LogP) is 2.40. The molecule has 2 aromatic rings. The van der Waals surface area contributed by atoms with Crippen LogP contribution in [0, 0.1) is 0 Å². The zero-order chi connectivity index (χ0) is 18.5. The molecular formula is C19H21ClN2O4. The van der Waals surface area contributed by atoms with Crippen LogP contribution in [0.4, 0.5) is 0 Å². The maximum Gasteiger partial charge on any atom is 0.256 e. The fourth-order valence-corrected chi connectivity index (χ4v) is 2.99. The second-order valence-electron chi connectivity index (χ2n) is 6.13. The summed E-state index contributed by atoms with van der Waals surface area (Å²) in [5.74, 6) is 0.592. The molecule has 1 amide bonds. The van der Waals surface area contributed by atoms with E-state index in [0.717, 1.165) is 30.5 Å². The molecule has 1 aromatic heterocycles. The highest BCUT2D eigenvalue weighted by Gasteiger charge is 2.21. The number of carbonyl (C=O) groups is 1. The molecule has 0 saturated carbocycles. The number of aliphatic hydroxyl groups excluding tert-OH is 1. The quantitative estimate of drug-likeness (QED) is 0.775. The van der Waals surface area contributed by atoms with Gasteiger partial charge >= 0.3 is 0 Å². The van der Waals surface area contributed by atoms with E-state index in [2.05, 4.69) is 10.3 Å². The Hall–Kier alpha value is -2.31. The molecule has 7 heteroatoms. The third kappa shape index (κ3) is 4.45. The van der Waals surface area contributed by atoms with Crippen molar-refractivity contribution in [1.82, 2.24) is 10.3 Å². The lowest BCUT2D eigenvalue weighted by Crippen LogP contribution is -2.35. The van der Waals surface area contributed by atoms with Crippen molar-refractivity contribution in [2.45, 2.75) is 25.4 Å². The van der Waals surface area contributed by atoms with Crippen molar-refractivity contribution < 1.29 is 19.4 Å². The maximum absolute atomic E-state index is 12.4. The zero-order valence-electron chi connectivity index (χ0n) is 14.5. The summed E-state index contributed by atoms with van der Waals surface area (Å²) in [6, 6.07) is 8.68. The van der Waals surface area contributed by atoms with E-state index in [9.17, 15) is 9.90 Å². The number of carbonyl (C=O) groups excluding carboxylic acids is 1. The number of hydrogen-bond donors (Lipinski definition) is 2. The average Bonchev–Trinajstić information content (AvgIpc) is 3.12. The van der Waals surface area contributed by atoms with Gasteiger partial charge in [0.05, 0.1) is 7.11 Å². The number of nitrogens with zero attached hydrogens (tertiary/aromatic N) is 1. The molecule has 1 aliphatic rings. The number of ether oxygens (including phenoxy) is 2. The molecule has 0 radical (unpaired) electrons. The van der Waals surface area contributed by atoms with E-state index in [4.69, 9.17) is 21.1 Å². The number of benzene rings is 1. The molecule has 138 valence electrons. The normalized spacial score (nSPS) is 13.8. The number of hydrogen-bond acceptors (Lipinski definition) is 5. The lowest BCUT2D eigenvalue weighted by atomic mass is 10.1. The molecule has 0 unspecified atom stereocenters. The van der Waals surface area contributed by atoms with Gasteiger partial charge in [-0.3, -0.25) is 4.79 Å². The van der Waals surface area contributed by atoms with Crippen LogP contribution in [-0.4, -0.2) is 42.4 Å². The number of halogens is 1. The summed E-state index contributed by atoms with van der Waals surface area (Å²) in [6.07, 6.45) is 2.03. The Morgan fingerprint density at radius 2 is 2.12 bits per heavy atom. The van der Waals surface area contributed by atoms with Gasteiger partial charge in [0.2, 0.25) is 5.88 Å². The minimum Gasteiger partial charge on any atom is -0.491 e. The molecule has 1 atom stereocenters. The van der Waals surface area contributed by atoms with E-state index >= 15 is 0 Å². The Bertz CT molecular complexity index is 780. The molecule has 1 aliphatic carbocycles. The van der Waals surface area contributed by atoms with Gasteiger partial charge in [0.15, 0.2) is 0 Å². The number of pyridine rings is 1. The summed E-state index contributed by atoms with van der Waals surface area (Å²) in [5, 5.41) is 13.3. The fraction of sp³-hybridized carbons (Fsp3) is 0.368. The molecule has 1 aromatic carbocycles.